The Labute approximate surface area is 174 Å². The third-order valence-electron chi connectivity index (χ3n) is 3.08. The lowest BCUT2D eigenvalue weighted by Crippen LogP contribution is -2.32. The Morgan fingerprint density at radius 3 is 2.63 bits per heavy atom. The van der Waals surface area contributed by atoms with Gasteiger partial charge in [-0.3, -0.25) is 9.59 Å². The van der Waals surface area contributed by atoms with E-state index in [2.05, 4.69) is 38.4 Å². The summed E-state index contributed by atoms with van der Waals surface area (Å²) < 4.78 is 6.30. The normalized spacial score (nSPS) is 10.5. The molecule has 140 valence electrons. The first-order valence-electron chi connectivity index (χ1n) is 7.53. The number of carbonyl (C=O) groups excluding carboxylic acids is 2. The summed E-state index contributed by atoms with van der Waals surface area (Å²) in [6.45, 7) is 3.91. The average Bonchev–Trinajstić information content (AvgIpc) is 2.64. The molecule has 0 heterocycles. The van der Waals surface area contributed by atoms with Gasteiger partial charge < -0.3 is 10.1 Å². The number of hydrogen-bond acceptors (Lipinski definition) is 4. The van der Waals surface area contributed by atoms with Gasteiger partial charge in [-0.2, -0.15) is 5.10 Å². The number of nitrogens with zero attached hydrogens (tertiary/aromatic N) is 1. The molecule has 9 heteroatoms. The van der Waals surface area contributed by atoms with Gasteiger partial charge in [-0.15, -0.1) is 0 Å². The Balaban J connectivity index is 1.99. The molecule has 2 N–H and O–H groups in total. The molecule has 0 bridgehead atoms. The van der Waals surface area contributed by atoms with Crippen molar-refractivity contribution in [3.05, 3.63) is 69.1 Å². The van der Waals surface area contributed by atoms with Crippen LogP contribution in [0.1, 0.15) is 5.56 Å². The van der Waals surface area contributed by atoms with E-state index in [4.69, 9.17) is 27.9 Å². The smallest absolute Gasteiger partial charge is 0.329 e. The zero-order valence-electron chi connectivity index (χ0n) is 13.8. The molecule has 0 spiro atoms. The van der Waals surface area contributed by atoms with Crippen LogP contribution in [0.5, 0.6) is 5.75 Å². The molecule has 6 nitrogen and oxygen atoms in total. The van der Waals surface area contributed by atoms with E-state index >= 15 is 0 Å². The molecule has 0 aliphatic rings. The standard InChI is InChI=1S/C18H14BrCl2N3O3/c1-2-7-27-16-6-3-12(19)8-11(16)10-22-24-18(26)17(25)23-13-4-5-14(20)15(21)9-13/h2-6,8-10H,1,7H2,(H,23,25)(H,24,26)/b22-10+. The number of carbonyl (C=O) groups is 2. The first-order chi connectivity index (χ1) is 12.9. The number of nitrogens with one attached hydrogen (secondary N) is 2. The lowest BCUT2D eigenvalue weighted by molar-refractivity contribution is -0.136. The number of halogens is 3. The van der Waals surface area contributed by atoms with Gasteiger partial charge in [0.05, 0.1) is 16.3 Å². The summed E-state index contributed by atoms with van der Waals surface area (Å²) in [6, 6.07) is 9.76. The van der Waals surface area contributed by atoms with Crippen molar-refractivity contribution < 1.29 is 14.3 Å². The Morgan fingerprint density at radius 2 is 1.93 bits per heavy atom. The topological polar surface area (TPSA) is 79.8 Å². The highest BCUT2D eigenvalue weighted by Crippen LogP contribution is 2.25. The first kappa shape index (κ1) is 21.0. The second kappa shape index (κ2) is 10.1. The van der Waals surface area contributed by atoms with Crippen LogP contribution in [0.25, 0.3) is 0 Å². The molecule has 0 aromatic heterocycles. The Kier molecular flexibility index (Phi) is 7.84. The predicted molar refractivity (Wildman–Crippen MR) is 111 cm³/mol. The molecule has 0 saturated carbocycles. The van der Waals surface area contributed by atoms with Crippen molar-refractivity contribution in [1.82, 2.24) is 5.43 Å². The molecule has 2 aromatic rings. The van der Waals surface area contributed by atoms with Crippen LogP contribution in [0.2, 0.25) is 10.0 Å². The Hall–Kier alpha value is -2.35. The zero-order valence-corrected chi connectivity index (χ0v) is 16.9. The number of hydrogen-bond donors (Lipinski definition) is 2. The number of ether oxygens (including phenoxy) is 1. The van der Waals surface area contributed by atoms with E-state index in [0.717, 1.165) is 4.47 Å². The molecule has 2 amide bonds. The third-order valence-corrected chi connectivity index (χ3v) is 4.31. The van der Waals surface area contributed by atoms with Crippen LogP contribution < -0.4 is 15.5 Å². The van der Waals surface area contributed by atoms with Crippen molar-refractivity contribution in [1.29, 1.82) is 0 Å². The fourth-order valence-corrected chi connectivity index (χ4v) is 2.55. The third kappa shape index (κ3) is 6.39. The fourth-order valence-electron chi connectivity index (χ4n) is 1.87. The van der Waals surface area contributed by atoms with Gasteiger partial charge in [-0.25, -0.2) is 5.43 Å². The summed E-state index contributed by atoms with van der Waals surface area (Å²) in [7, 11) is 0. The maximum Gasteiger partial charge on any atom is 0.329 e. The Bertz CT molecular complexity index is 903. The molecule has 27 heavy (non-hydrogen) atoms. The highest BCUT2D eigenvalue weighted by molar-refractivity contribution is 9.10. The van der Waals surface area contributed by atoms with Crippen molar-refractivity contribution in [2.45, 2.75) is 0 Å². The number of anilines is 1. The summed E-state index contributed by atoms with van der Waals surface area (Å²) >= 11 is 15.0. The predicted octanol–water partition coefficient (Wildman–Crippen LogP) is 4.41. The maximum absolute atomic E-state index is 11.9. The van der Waals surface area contributed by atoms with Crippen LogP contribution in [-0.4, -0.2) is 24.6 Å². The molecule has 2 aromatic carbocycles. The Morgan fingerprint density at radius 1 is 1.15 bits per heavy atom. The van der Waals surface area contributed by atoms with E-state index in [1.807, 2.05) is 0 Å². The molecule has 0 saturated heterocycles. The summed E-state index contributed by atoms with van der Waals surface area (Å²) in [5.74, 6) is -1.29. The van der Waals surface area contributed by atoms with E-state index in [1.165, 1.54) is 24.4 Å². The van der Waals surface area contributed by atoms with Crippen molar-refractivity contribution in [3.8, 4) is 5.75 Å². The minimum Gasteiger partial charge on any atom is -0.489 e. The molecular weight excluding hydrogens is 457 g/mol. The van der Waals surface area contributed by atoms with Crippen molar-refractivity contribution in [3.63, 3.8) is 0 Å². The SMILES string of the molecule is C=CCOc1ccc(Br)cc1/C=N/NC(=O)C(=O)Nc1ccc(Cl)c(Cl)c1. The fraction of sp³-hybridized carbons (Fsp3) is 0.0556. The van der Waals surface area contributed by atoms with Gasteiger partial charge in [0.2, 0.25) is 0 Å². The van der Waals surface area contributed by atoms with Crippen molar-refractivity contribution >= 4 is 62.8 Å². The lowest BCUT2D eigenvalue weighted by atomic mass is 10.2. The summed E-state index contributed by atoms with van der Waals surface area (Å²) in [5.41, 5.74) is 3.09. The quantitative estimate of drug-likeness (QED) is 0.284. The van der Waals surface area contributed by atoms with Crippen LogP contribution in [0, 0.1) is 0 Å². The highest BCUT2D eigenvalue weighted by Gasteiger charge is 2.13. The van der Waals surface area contributed by atoms with Gasteiger partial charge >= 0.3 is 11.8 Å². The molecule has 0 radical (unpaired) electrons. The van der Waals surface area contributed by atoms with Crippen LogP contribution >= 0.6 is 39.1 Å². The van der Waals surface area contributed by atoms with E-state index < -0.39 is 11.8 Å². The molecule has 0 aliphatic heterocycles. The number of hydrazone groups is 1. The summed E-state index contributed by atoms with van der Waals surface area (Å²) in [4.78, 5) is 23.8. The van der Waals surface area contributed by atoms with Gasteiger partial charge in [0.1, 0.15) is 12.4 Å². The minimum absolute atomic E-state index is 0.259. The van der Waals surface area contributed by atoms with Crippen LogP contribution in [-0.2, 0) is 9.59 Å². The molecule has 0 atom stereocenters. The van der Waals surface area contributed by atoms with Gasteiger partial charge in [-0.1, -0.05) is 51.8 Å². The largest absolute Gasteiger partial charge is 0.489 e. The zero-order chi connectivity index (χ0) is 19.8. The number of rotatable bonds is 6. The second-order valence-electron chi connectivity index (χ2n) is 5.06. The first-order valence-corrected chi connectivity index (χ1v) is 9.08. The van der Waals surface area contributed by atoms with Crippen LogP contribution in [0.4, 0.5) is 5.69 Å². The van der Waals surface area contributed by atoms with Gasteiger partial charge in [0.25, 0.3) is 0 Å². The second-order valence-corrected chi connectivity index (χ2v) is 6.79. The molecule has 0 aliphatic carbocycles. The molecule has 0 fully saturated rings. The van der Waals surface area contributed by atoms with E-state index in [1.54, 1.807) is 24.3 Å². The monoisotopic (exact) mass is 469 g/mol. The van der Waals surface area contributed by atoms with E-state index in [9.17, 15) is 9.59 Å². The maximum atomic E-state index is 11.9. The molecule has 0 unspecified atom stereocenters. The minimum atomic E-state index is -0.944. The van der Waals surface area contributed by atoms with Gasteiger partial charge in [0, 0.05) is 15.7 Å². The summed E-state index contributed by atoms with van der Waals surface area (Å²) in [6.07, 6.45) is 2.98. The van der Waals surface area contributed by atoms with Crippen LogP contribution in [0.15, 0.2) is 58.6 Å². The highest BCUT2D eigenvalue weighted by atomic mass is 79.9. The van der Waals surface area contributed by atoms with Gasteiger partial charge in [-0.05, 0) is 36.4 Å². The number of benzene rings is 2. The molecule has 2 rings (SSSR count). The van der Waals surface area contributed by atoms with E-state index in [0.29, 0.717) is 28.6 Å². The summed E-state index contributed by atoms with van der Waals surface area (Å²) in [5, 5.41) is 6.78. The molecular formula is C18H14BrCl2N3O3. The average molecular weight is 471 g/mol. The van der Waals surface area contributed by atoms with E-state index in [-0.39, 0.29) is 5.02 Å². The van der Waals surface area contributed by atoms with Crippen molar-refractivity contribution in [2.24, 2.45) is 5.10 Å². The number of amides is 2. The van der Waals surface area contributed by atoms with Crippen LogP contribution in [0.3, 0.4) is 0 Å². The lowest BCUT2D eigenvalue weighted by Gasteiger charge is -2.07. The van der Waals surface area contributed by atoms with Gasteiger partial charge in [0.15, 0.2) is 0 Å². The van der Waals surface area contributed by atoms with Crippen molar-refractivity contribution in [2.75, 3.05) is 11.9 Å².